The number of carbonyl (C=O) groups is 2. The van der Waals surface area contributed by atoms with Gasteiger partial charge in [0.1, 0.15) is 11.8 Å². The summed E-state index contributed by atoms with van der Waals surface area (Å²) < 4.78 is 9.92. The molecule has 0 aliphatic carbocycles. The quantitative estimate of drug-likeness (QED) is 0.647. The van der Waals surface area contributed by atoms with Gasteiger partial charge >= 0.3 is 5.97 Å². The third-order valence-corrected chi connectivity index (χ3v) is 3.19. The van der Waals surface area contributed by atoms with Crippen molar-refractivity contribution in [3.8, 4) is 11.8 Å². The molecule has 6 nitrogen and oxygen atoms in total. The Morgan fingerprint density at radius 3 is 2.56 bits per heavy atom. The minimum Gasteiger partial charge on any atom is -0.497 e. The zero-order valence-corrected chi connectivity index (χ0v) is 13.6. The highest BCUT2D eigenvalue weighted by Gasteiger charge is 2.08. The van der Waals surface area contributed by atoms with Crippen LogP contribution >= 0.6 is 0 Å². The smallest absolute Gasteiger partial charge is 0.331 e. The van der Waals surface area contributed by atoms with Crippen molar-refractivity contribution in [2.45, 2.75) is 0 Å². The zero-order chi connectivity index (χ0) is 18.1. The van der Waals surface area contributed by atoms with Crippen LogP contribution in [-0.2, 0) is 14.3 Å². The molecule has 0 heterocycles. The standard InChI is InChI=1S/C19H16N2O4/c1-24-16-9-6-14(7-10-16)8-11-19(23)25-13-18(22)21-17-5-3-2-4-15(17)12-20/h2-11H,13H2,1H3,(H,21,22)/b11-8+. The summed E-state index contributed by atoms with van der Waals surface area (Å²) >= 11 is 0. The predicted molar refractivity (Wildman–Crippen MR) is 92.8 cm³/mol. The van der Waals surface area contributed by atoms with Crippen LogP contribution in [0.15, 0.2) is 54.6 Å². The molecule has 1 amide bonds. The minimum absolute atomic E-state index is 0.335. The van der Waals surface area contributed by atoms with Gasteiger partial charge < -0.3 is 14.8 Å². The molecular formula is C19H16N2O4. The summed E-state index contributed by atoms with van der Waals surface area (Å²) in [4.78, 5) is 23.4. The van der Waals surface area contributed by atoms with Crippen molar-refractivity contribution in [3.05, 3.63) is 65.7 Å². The number of methoxy groups -OCH3 is 1. The summed E-state index contributed by atoms with van der Waals surface area (Å²) in [6.45, 7) is -0.439. The normalized spacial score (nSPS) is 10.1. The lowest BCUT2D eigenvalue weighted by Crippen LogP contribution is -2.20. The van der Waals surface area contributed by atoms with E-state index in [4.69, 9.17) is 14.7 Å². The Hall–Kier alpha value is -3.59. The van der Waals surface area contributed by atoms with Crippen molar-refractivity contribution < 1.29 is 19.1 Å². The van der Waals surface area contributed by atoms with Gasteiger partial charge in [-0.25, -0.2) is 4.79 Å². The number of amides is 1. The molecule has 0 bridgehead atoms. The molecule has 0 aromatic heterocycles. The average molecular weight is 336 g/mol. The van der Waals surface area contributed by atoms with E-state index in [9.17, 15) is 9.59 Å². The van der Waals surface area contributed by atoms with Crippen molar-refractivity contribution in [2.24, 2.45) is 0 Å². The third-order valence-electron chi connectivity index (χ3n) is 3.19. The summed E-state index contributed by atoms with van der Waals surface area (Å²) in [6, 6.07) is 15.6. The third kappa shape index (κ3) is 5.52. The number of para-hydroxylation sites is 1. The van der Waals surface area contributed by atoms with Gasteiger partial charge in [-0.1, -0.05) is 24.3 Å². The number of benzene rings is 2. The molecular weight excluding hydrogens is 320 g/mol. The number of esters is 1. The Morgan fingerprint density at radius 2 is 1.88 bits per heavy atom. The van der Waals surface area contributed by atoms with Crippen molar-refractivity contribution in [3.63, 3.8) is 0 Å². The second-order valence-electron chi connectivity index (χ2n) is 4.92. The molecule has 0 aliphatic rings. The van der Waals surface area contributed by atoms with Gasteiger partial charge in [0.2, 0.25) is 0 Å². The van der Waals surface area contributed by atoms with Crippen LogP contribution in [0, 0.1) is 11.3 Å². The maximum atomic E-state index is 11.8. The van der Waals surface area contributed by atoms with Gasteiger partial charge in [-0.2, -0.15) is 5.26 Å². The van der Waals surface area contributed by atoms with Crippen LogP contribution in [0.25, 0.3) is 6.08 Å². The number of rotatable bonds is 6. The summed E-state index contributed by atoms with van der Waals surface area (Å²) in [5, 5.41) is 11.5. The van der Waals surface area contributed by atoms with Crippen LogP contribution in [0.4, 0.5) is 5.69 Å². The Bertz CT molecular complexity index is 820. The molecule has 0 atom stereocenters. The van der Waals surface area contributed by atoms with Crippen molar-refractivity contribution in [2.75, 3.05) is 19.0 Å². The molecule has 2 aromatic carbocycles. The molecule has 25 heavy (non-hydrogen) atoms. The molecule has 2 rings (SSSR count). The van der Waals surface area contributed by atoms with E-state index >= 15 is 0 Å². The molecule has 1 N–H and O–H groups in total. The summed E-state index contributed by atoms with van der Waals surface area (Å²) in [6.07, 6.45) is 2.81. The Morgan fingerprint density at radius 1 is 1.16 bits per heavy atom. The fraction of sp³-hybridized carbons (Fsp3) is 0.105. The topological polar surface area (TPSA) is 88.4 Å². The van der Waals surface area contributed by atoms with Gasteiger partial charge in [-0.15, -0.1) is 0 Å². The maximum absolute atomic E-state index is 11.8. The summed E-state index contributed by atoms with van der Waals surface area (Å²) in [5.74, 6) is -0.442. The van der Waals surface area contributed by atoms with Crippen molar-refractivity contribution in [1.29, 1.82) is 5.26 Å². The van der Waals surface area contributed by atoms with Gasteiger partial charge in [-0.05, 0) is 35.9 Å². The molecule has 0 saturated heterocycles. The monoisotopic (exact) mass is 336 g/mol. The molecule has 0 radical (unpaired) electrons. The van der Waals surface area contributed by atoms with Crippen LogP contribution in [0.3, 0.4) is 0 Å². The van der Waals surface area contributed by atoms with Crippen molar-refractivity contribution in [1.82, 2.24) is 0 Å². The lowest BCUT2D eigenvalue weighted by Gasteiger charge is -2.06. The molecule has 0 aliphatic heterocycles. The lowest BCUT2D eigenvalue weighted by molar-refractivity contribution is -0.142. The number of hydrogen-bond donors (Lipinski definition) is 1. The van der Waals surface area contributed by atoms with Crippen molar-refractivity contribution >= 4 is 23.6 Å². The number of anilines is 1. The zero-order valence-electron chi connectivity index (χ0n) is 13.6. The van der Waals surface area contributed by atoms with Gasteiger partial charge in [0.25, 0.3) is 5.91 Å². The molecule has 0 unspecified atom stereocenters. The fourth-order valence-corrected chi connectivity index (χ4v) is 1.94. The van der Waals surface area contributed by atoms with Gasteiger partial charge in [0.05, 0.1) is 18.4 Å². The number of nitriles is 1. The molecule has 2 aromatic rings. The van der Waals surface area contributed by atoms with E-state index in [1.165, 1.54) is 6.08 Å². The average Bonchev–Trinajstić information content (AvgIpc) is 2.65. The number of nitrogens with zero attached hydrogens (tertiary/aromatic N) is 1. The lowest BCUT2D eigenvalue weighted by atomic mass is 10.2. The highest BCUT2D eigenvalue weighted by Crippen LogP contribution is 2.13. The van der Waals surface area contributed by atoms with Gasteiger partial charge in [0.15, 0.2) is 6.61 Å². The SMILES string of the molecule is COc1ccc(/C=C/C(=O)OCC(=O)Nc2ccccc2C#N)cc1. The molecule has 0 fully saturated rings. The van der Waals surface area contributed by atoms with E-state index in [0.29, 0.717) is 17.0 Å². The molecule has 6 heteroatoms. The number of ether oxygens (including phenoxy) is 2. The van der Waals surface area contributed by atoms with Gasteiger partial charge in [-0.3, -0.25) is 4.79 Å². The second kappa shape index (κ2) is 8.89. The first-order valence-electron chi connectivity index (χ1n) is 7.40. The Labute approximate surface area is 145 Å². The first-order valence-corrected chi connectivity index (χ1v) is 7.40. The summed E-state index contributed by atoms with van der Waals surface area (Å²) in [5.41, 5.74) is 1.51. The van der Waals surface area contributed by atoms with Gasteiger partial charge in [0, 0.05) is 6.08 Å². The maximum Gasteiger partial charge on any atom is 0.331 e. The predicted octanol–water partition coefficient (Wildman–Crippen LogP) is 2.76. The van der Waals surface area contributed by atoms with E-state index in [2.05, 4.69) is 5.32 Å². The van der Waals surface area contributed by atoms with Crippen LogP contribution in [-0.4, -0.2) is 25.6 Å². The highest BCUT2D eigenvalue weighted by atomic mass is 16.5. The van der Waals surface area contributed by atoms with E-state index in [1.54, 1.807) is 61.7 Å². The second-order valence-corrected chi connectivity index (χ2v) is 4.92. The highest BCUT2D eigenvalue weighted by molar-refractivity contribution is 5.95. The van der Waals surface area contributed by atoms with Crippen LogP contribution in [0.1, 0.15) is 11.1 Å². The first-order chi connectivity index (χ1) is 12.1. The summed E-state index contributed by atoms with van der Waals surface area (Å²) in [7, 11) is 1.57. The minimum atomic E-state index is -0.639. The molecule has 126 valence electrons. The molecule has 0 saturated carbocycles. The van der Waals surface area contributed by atoms with E-state index in [0.717, 1.165) is 5.56 Å². The number of nitrogens with one attached hydrogen (secondary N) is 1. The van der Waals surface area contributed by atoms with E-state index in [1.807, 2.05) is 6.07 Å². The van der Waals surface area contributed by atoms with Crippen LogP contribution in [0.2, 0.25) is 0 Å². The van der Waals surface area contributed by atoms with Crippen LogP contribution < -0.4 is 10.1 Å². The number of carbonyl (C=O) groups excluding carboxylic acids is 2. The number of hydrogen-bond acceptors (Lipinski definition) is 5. The Balaban J connectivity index is 1.83. The van der Waals surface area contributed by atoms with Crippen LogP contribution in [0.5, 0.6) is 5.75 Å². The first kappa shape index (κ1) is 17.8. The fourth-order valence-electron chi connectivity index (χ4n) is 1.94. The van der Waals surface area contributed by atoms with E-state index < -0.39 is 18.5 Å². The largest absolute Gasteiger partial charge is 0.497 e. The van der Waals surface area contributed by atoms with E-state index in [-0.39, 0.29) is 0 Å². The molecule has 0 spiro atoms. The Kier molecular flexibility index (Phi) is 6.32.